The zero-order valence-corrected chi connectivity index (χ0v) is 10.3. The number of hydrogen-bond donors (Lipinski definition) is 4. The van der Waals surface area contributed by atoms with Crippen molar-refractivity contribution in [3.05, 3.63) is 0 Å². The largest absolute Gasteiger partial charge is 0.392 e. The van der Waals surface area contributed by atoms with Crippen molar-refractivity contribution in [1.29, 1.82) is 0 Å². The Morgan fingerprint density at radius 2 is 1.53 bits per heavy atom. The van der Waals surface area contributed by atoms with Gasteiger partial charge in [-0.05, 0) is 0 Å². The summed E-state index contributed by atoms with van der Waals surface area (Å²) in [7, 11) is 1.38. The molecule has 0 aromatic heterocycles. The second-order valence-corrected chi connectivity index (χ2v) is 4.34. The first-order valence-electron chi connectivity index (χ1n) is 5.57. The highest BCUT2D eigenvalue weighted by Crippen LogP contribution is 2.41. The van der Waals surface area contributed by atoms with Crippen LogP contribution in [0.3, 0.4) is 0 Å². The molecule has 19 heavy (non-hydrogen) atoms. The fourth-order valence-corrected chi connectivity index (χ4v) is 2.84. The van der Waals surface area contributed by atoms with Gasteiger partial charge in [-0.3, -0.25) is 14.7 Å². The summed E-state index contributed by atoms with van der Waals surface area (Å²) in [5.74, 6) is 0. The monoisotopic (exact) mass is 276 g/mol. The summed E-state index contributed by atoms with van der Waals surface area (Å²) in [6.07, 6.45) is -0.998. The maximum atomic E-state index is 12.0. The van der Waals surface area contributed by atoms with Crippen LogP contribution in [0.1, 0.15) is 0 Å². The van der Waals surface area contributed by atoms with Crippen molar-refractivity contribution in [2.24, 2.45) is 0 Å². The van der Waals surface area contributed by atoms with Crippen LogP contribution < -0.4 is 0 Å². The van der Waals surface area contributed by atoms with Gasteiger partial charge in [0.15, 0.2) is 11.8 Å². The van der Waals surface area contributed by atoms with Crippen LogP contribution in [0.25, 0.3) is 0 Å². The summed E-state index contributed by atoms with van der Waals surface area (Å²) < 4.78 is 0. The Morgan fingerprint density at radius 3 is 1.95 bits per heavy atom. The lowest BCUT2D eigenvalue weighted by molar-refractivity contribution is -0.0856. The summed E-state index contributed by atoms with van der Waals surface area (Å²) >= 11 is 0. The molecule has 2 unspecified atom stereocenters. The Labute approximate surface area is 108 Å². The van der Waals surface area contributed by atoms with E-state index in [1.54, 1.807) is 0 Å². The van der Waals surface area contributed by atoms with Gasteiger partial charge >= 0.3 is 12.1 Å². The van der Waals surface area contributed by atoms with Gasteiger partial charge in [0, 0.05) is 7.05 Å². The van der Waals surface area contributed by atoms with E-state index in [2.05, 4.69) is 0 Å². The number of hydrogen-bond acceptors (Lipinski definition) is 6. The van der Waals surface area contributed by atoms with Gasteiger partial charge in [-0.2, -0.15) is 0 Å². The molecule has 0 saturated carbocycles. The zero-order valence-electron chi connectivity index (χ0n) is 10.3. The van der Waals surface area contributed by atoms with E-state index in [9.17, 15) is 30.0 Å². The van der Waals surface area contributed by atoms with E-state index < -0.39 is 50.7 Å². The lowest BCUT2D eigenvalue weighted by Gasteiger charge is -2.38. The molecule has 2 heterocycles. The van der Waals surface area contributed by atoms with Gasteiger partial charge in [0.25, 0.3) is 0 Å². The van der Waals surface area contributed by atoms with Crippen molar-refractivity contribution in [2.45, 2.75) is 11.8 Å². The molecular weight excluding hydrogens is 260 g/mol. The van der Waals surface area contributed by atoms with E-state index in [0.717, 1.165) is 19.6 Å². The minimum Gasteiger partial charge on any atom is -0.392 e. The number of urea groups is 2. The maximum Gasteiger partial charge on any atom is 0.327 e. The minimum absolute atomic E-state index is 0.619. The van der Waals surface area contributed by atoms with E-state index in [1.165, 1.54) is 7.05 Å². The number of amides is 4. The molecule has 0 bridgehead atoms. The number of likely N-dealkylation sites (N-methyl/N-ethyl adjacent to an activating group) is 1. The lowest BCUT2D eigenvalue weighted by Crippen LogP contribution is -2.63. The number of nitrogens with zero attached hydrogens (tertiary/aromatic N) is 4. The molecule has 0 aromatic rings. The van der Waals surface area contributed by atoms with Gasteiger partial charge in [-0.25, -0.2) is 9.59 Å². The highest BCUT2D eigenvalue weighted by molar-refractivity contribution is 5.86. The highest BCUT2D eigenvalue weighted by Gasteiger charge is 2.68. The fourth-order valence-electron chi connectivity index (χ4n) is 2.84. The van der Waals surface area contributed by atoms with Crippen LogP contribution in [0, 0.1) is 0 Å². The molecule has 10 heteroatoms. The maximum absolute atomic E-state index is 12.0. The van der Waals surface area contributed by atoms with Gasteiger partial charge in [-0.1, -0.05) is 0 Å². The Bertz CT molecular complexity index is 406. The fraction of sp³-hybridized carbons (Fsp3) is 0.778. The highest BCUT2D eigenvalue weighted by atomic mass is 16.3. The Hall–Kier alpha value is -1.62. The Balaban J connectivity index is 2.58. The third-order valence-electron chi connectivity index (χ3n) is 3.69. The Kier molecular flexibility index (Phi) is 3.26. The molecule has 2 rings (SSSR count). The first-order chi connectivity index (χ1) is 9.00. The van der Waals surface area contributed by atoms with Crippen LogP contribution in [0.2, 0.25) is 0 Å². The molecule has 4 N–H and O–H groups in total. The second kappa shape index (κ2) is 4.49. The molecule has 0 aliphatic carbocycles. The molecule has 2 saturated heterocycles. The van der Waals surface area contributed by atoms with Crippen LogP contribution in [-0.2, 0) is 0 Å². The molecule has 4 amide bonds. The summed E-state index contributed by atoms with van der Waals surface area (Å²) in [6.45, 7) is -2.86. The van der Waals surface area contributed by atoms with Crippen molar-refractivity contribution in [3.63, 3.8) is 0 Å². The Morgan fingerprint density at radius 1 is 1.00 bits per heavy atom. The topological polar surface area (TPSA) is 128 Å². The first-order valence-corrected chi connectivity index (χ1v) is 5.57. The van der Waals surface area contributed by atoms with Crippen molar-refractivity contribution < 1.29 is 30.0 Å². The van der Waals surface area contributed by atoms with Crippen LogP contribution in [0.15, 0.2) is 0 Å². The van der Waals surface area contributed by atoms with Crippen molar-refractivity contribution >= 4 is 12.1 Å². The van der Waals surface area contributed by atoms with E-state index >= 15 is 0 Å². The molecular formula is C9H16N4O6. The summed E-state index contributed by atoms with van der Waals surface area (Å²) in [6, 6.07) is -1.35. The predicted molar refractivity (Wildman–Crippen MR) is 58.9 cm³/mol. The van der Waals surface area contributed by atoms with Crippen molar-refractivity contribution in [3.8, 4) is 0 Å². The molecule has 2 fully saturated rings. The first kappa shape index (κ1) is 13.8. The van der Waals surface area contributed by atoms with Crippen LogP contribution >= 0.6 is 0 Å². The zero-order chi connectivity index (χ0) is 14.4. The third-order valence-corrected chi connectivity index (χ3v) is 3.69. The number of aliphatic hydroxyl groups is 4. The van der Waals surface area contributed by atoms with E-state index in [-0.39, 0.29) is 0 Å². The van der Waals surface area contributed by atoms with Crippen LogP contribution in [0.5, 0.6) is 0 Å². The smallest absolute Gasteiger partial charge is 0.327 e. The van der Waals surface area contributed by atoms with Crippen LogP contribution in [-0.4, -0.2) is 97.8 Å². The second-order valence-electron chi connectivity index (χ2n) is 4.34. The molecule has 0 radical (unpaired) electrons. The molecule has 0 spiro atoms. The molecule has 2 aliphatic rings. The number of carbonyl (C=O) groups is 2. The SMILES string of the molecule is CN1C(=O)N(CO)C2(CO)C1N(CO)C(=O)N2CO. The van der Waals surface area contributed by atoms with Crippen molar-refractivity contribution in [1.82, 2.24) is 19.6 Å². The summed E-state index contributed by atoms with van der Waals surface area (Å²) in [5, 5.41) is 37.6. The van der Waals surface area contributed by atoms with E-state index in [0.29, 0.717) is 0 Å². The van der Waals surface area contributed by atoms with Crippen LogP contribution in [0.4, 0.5) is 9.59 Å². The van der Waals surface area contributed by atoms with E-state index in [1.807, 2.05) is 0 Å². The predicted octanol–water partition coefficient (Wildman–Crippen LogP) is -3.04. The van der Waals surface area contributed by atoms with Gasteiger partial charge in [-0.15, -0.1) is 0 Å². The van der Waals surface area contributed by atoms with Gasteiger partial charge in [0.2, 0.25) is 0 Å². The van der Waals surface area contributed by atoms with E-state index in [4.69, 9.17) is 0 Å². The minimum atomic E-state index is -1.62. The number of fused-ring (bicyclic) bond motifs is 1. The third kappa shape index (κ3) is 1.39. The number of rotatable bonds is 4. The molecule has 10 nitrogen and oxygen atoms in total. The molecule has 2 aliphatic heterocycles. The quantitative estimate of drug-likeness (QED) is 0.432. The molecule has 2 atom stereocenters. The lowest BCUT2D eigenvalue weighted by atomic mass is 10.1. The average Bonchev–Trinajstić information content (AvgIpc) is 2.78. The van der Waals surface area contributed by atoms with Crippen molar-refractivity contribution in [2.75, 3.05) is 33.8 Å². The molecule has 0 aromatic carbocycles. The summed E-state index contributed by atoms with van der Waals surface area (Å²) in [5.41, 5.74) is -1.62. The number of carbonyl (C=O) groups excluding carboxylic acids is 2. The van der Waals surface area contributed by atoms with Gasteiger partial charge in [0.05, 0.1) is 6.61 Å². The average molecular weight is 276 g/mol. The normalized spacial score (nSPS) is 30.7. The van der Waals surface area contributed by atoms with Gasteiger partial charge in [0.1, 0.15) is 20.2 Å². The number of aliphatic hydroxyl groups excluding tert-OH is 4. The van der Waals surface area contributed by atoms with Gasteiger partial charge < -0.3 is 25.3 Å². The molecule has 108 valence electrons. The standard InChI is InChI=1S/C9H16N4O6/c1-10-6-9(2-14,12(4-16)7(10)18)13(5-17)8(19)11(6)3-15/h6,14-17H,2-5H2,1H3. The summed E-state index contributed by atoms with van der Waals surface area (Å²) in [4.78, 5) is 27.8.